The Kier molecular flexibility index (Phi) is 6.27. The van der Waals surface area contributed by atoms with Crippen LogP contribution in [0, 0.1) is 0 Å². The van der Waals surface area contributed by atoms with E-state index in [0.717, 1.165) is 0 Å². The molecule has 136 valence electrons. The summed E-state index contributed by atoms with van der Waals surface area (Å²) in [6.45, 7) is -1.10. The molecule has 0 spiro atoms. The fourth-order valence-electron chi connectivity index (χ4n) is 2.46. The highest BCUT2D eigenvalue weighted by molar-refractivity contribution is 4.91. The van der Waals surface area contributed by atoms with Gasteiger partial charge < -0.3 is 55.1 Å². The van der Waals surface area contributed by atoms with Gasteiger partial charge in [0.05, 0.1) is 13.2 Å². The van der Waals surface area contributed by atoms with E-state index in [1.54, 1.807) is 0 Å². The van der Waals surface area contributed by atoms with Crippen molar-refractivity contribution in [1.82, 2.24) is 0 Å². The van der Waals surface area contributed by atoms with Crippen LogP contribution in [0.1, 0.15) is 0 Å². The zero-order chi connectivity index (χ0) is 17.3. The molecular weight excluding hydrogens is 320 g/mol. The minimum absolute atomic E-state index is 0.468. The third-order valence-electron chi connectivity index (χ3n) is 3.96. The summed E-state index contributed by atoms with van der Waals surface area (Å²) in [5.74, 6) is 0. The summed E-state index contributed by atoms with van der Waals surface area (Å²) < 4.78 is 15.1. The largest absolute Gasteiger partial charge is 0.394 e. The van der Waals surface area contributed by atoms with E-state index in [0.29, 0.717) is 0 Å². The molecule has 2 heterocycles. The smallest absolute Gasteiger partial charge is 0.186 e. The lowest BCUT2D eigenvalue weighted by atomic mass is 9.98. The van der Waals surface area contributed by atoms with Crippen LogP contribution in [-0.2, 0) is 14.2 Å². The summed E-state index contributed by atoms with van der Waals surface area (Å²) in [4.78, 5) is 0. The summed E-state index contributed by atoms with van der Waals surface area (Å²) in [6, 6.07) is 0. The highest BCUT2D eigenvalue weighted by atomic mass is 16.7. The maximum Gasteiger partial charge on any atom is 0.186 e. The lowest BCUT2D eigenvalue weighted by Gasteiger charge is -2.41. The van der Waals surface area contributed by atoms with Gasteiger partial charge in [-0.15, -0.1) is 0 Å². The maximum absolute atomic E-state index is 9.78. The van der Waals surface area contributed by atoms with Crippen LogP contribution in [-0.4, -0.2) is 115 Å². The van der Waals surface area contributed by atoms with Crippen LogP contribution in [0.4, 0.5) is 0 Å². The maximum atomic E-state index is 9.78. The highest BCUT2D eigenvalue weighted by Gasteiger charge is 2.46. The van der Waals surface area contributed by atoms with Crippen molar-refractivity contribution in [1.29, 1.82) is 0 Å². The highest BCUT2D eigenvalue weighted by Crippen LogP contribution is 2.24. The molecule has 0 aromatic carbocycles. The van der Waals surface area contributed by atoms with Gasteiger partial charge in [-0.25, -0.2) is 0 Å². The van der Waals surface area contributed by atoms with Gasteiger partial charge in [0.1, 0.15) is 48.8 Å². The number of aliphatic hydroxyl groups is 8. The van der Waals surface area contributed by atoms with E-state index in [1.807, 2.05) is 0 Å². The van der Waals surface area contributed by atoms with E-state index < -0.39 is 74.6 Å². The van der Waals surface area contributed by atoms with Crippen molar-refractivity contribution in [2.45, 2.75) is 61.4 Å². The average molecular weight is 342 g/mol. The molecule has 0 aliphatic carbocycles. The first-order valence-corrected chi connectivity index (χ1v) is 7.07. The number of rotatable bonds is 4. The third-order valence-corrected chi connectivity index (χ3v) is 3.96. The Balaban J connectivity index is 1.94. The zero-order valence-electron chi connectivity index (χ0n) is 12.0. The summed E-state index contributed by atoms with van der Waals surface area (Å²) in [5.41, 5.74) is 0. The quantitative estimate of drug-likeness (QED) is 0.243. The Morgan fingerprint density at radius 2 is 1.22 bits per heavy atom. The lowest BCUT2D eigenvalue weighted by molar-refractivity contribution is -0.325. The van der Waals surface area contributed by atoms with Crippen molar-refractivity contribution in [2.24, 2.45) is 0 Å². The number of hydrogen-bond acceptors (Lipinski definition) is 11. The fourth-order valence-corrected chi connectivity index (χ4v) is 2.46. The molecule has 2 aliphatic rings. The minimum atomic E-state index is -1.74. The molecule has 0 radical (unpaired) electrons. The summed E-state index contributed by atoms with van der Waals surface area (Å²) in [6.07, 6.45) is -15.3. The first-order valence-electron chi connectivity index (χ1n) is 7.07. The van der Waals surface area contributed by atoms with Crippen LogP contribution in [0.3, 0.4) is 0 Å². The van der Waals surface area contributed by atoms with Crippen LogP contribution in [0.5, 0.6) is 0 Å². The lowest BCUT2D eigenvalue weighted by Crippen LogP contribution is -2.61. The summed E-state index contributed by atoms with van der Waals surface area (Å²) in [7, 11) is 0. The Hall–Kier alpha value is -0.440. The van der Waals surface area contributed by atoms with E-state index in [4.69, 9.17) is 19.3 Å². The normalized spacial score (nSPS) is 51.7. The van der Waals surface area contributed by atoms with Crippen LogP contribution < -0.4 is 0 Å². The van der Waals surface area contributed by atoms with Crippen LogP contribution in [0.2, 0.25) is 0 Å². The average Bonchev–Trinajstić information content (AvgIpc) is 2.54. The van der Waals surface area contributed by atoms with Gasteiger partial charge in [0.2, 0.25) is 0 Å². The second-order valence-corrected chi connectivity index (χ2v) is 5.57. The second-order valence-electron chi connectivity index (χ2n) is 5.57. The number of ether oxygens (including phenoxy) is 3. The first-order chi connectivity index (χ1) is 10.8. The second kappa shape index (κ2) is 7.63. The van der Waals surface area contributed by atoms with Crippen molar-refractivity contribution in [3.05, 3.63) is 0 Å². The van der Waals surface area contributed by atoms with Crippen LogP contribution in [0.15, 0.2) is 0 Å². The SMILES string of the molecule is OC[C@H]1O[C@@H](OC[C@H]2OC(O)[C@H](O)[C@@H](O)[C@@H]2O)[C@@H](O)[C@@H](O)[C@@H]1O. The van der Waals surface area contributed by atoms with Gasteiger partial charge in [0, 0.05) is 0 Å². The predicted molar refractivity (Wildman–Crippen MR) is 68.6 cm³/mol. The van der Waals surface area contributed by atoms with Gasteiger partial charge in [-0.2, -0.15) is 0 Å². The molecular formula is C12H22O11. The molecule has 1 unspecified atom stereocenters. The van der Waals surface area contributed by atoms with Crippen molar-refractivity contribution in [3.63, 3.8) is 0 Å². The molecule has 2 rings (SSSR count). The van der Waals surface area contributed by atoms with Gasteiger partial charge in [-0.1, -0.05) is 0 Å². The Morgan fingerprint density at radius 1 is 0.652 bits per heavy atom. The number of hydrogen-bond donors (Lipinski definition) is 8. The molecule has 8 N–H and O–H groups in total. The molecule has 0 aromatic rings. The first kappa shape index (κ1) is 18.9. The molecule has 11 heteroatoms. The van der Waals surface area contributed by atoms with Crippen molar-refractivity contribution < 1.29 is 55.1 Å². The van der Waals surface area contributed by atoms with E-state index in [1.165, 1.54) is 0 Å². The molecule has 2 fully saturated rings. The standard InChI is InChI=1S/C12H22O11/c13-1-3-5(14)8(17)10(19)12(23-3)21-2-4-6(15)7(16)9(18)11(20)22-4/h3-20H,1-2H2/t3-,4-,5-,6-,7+,8+,9-,10+,11?,12-/m1/s1. The van der Waals surface area contributed by atoms with Gasteiger partial charge >= 0.3 is 0 Å². The topological polar surface area (TPSA) is 190 Å². The van der Waals surface area contributed by atoms with E-state index in [2.05, 4.69) is 0 Å². The molecule has 2 aliphatic heterocycles. The molecule has 2 saturated heterocycles. The van der Waals surface area contributed by atoms with Gasteiger partial charge in [0.25, 0.3) is 0 Å². The van der Waals surface area contributed by atoms with Crippen molar-refractivity contribution >= 4 is 0 Å². The Labute approximate surface area is 130 Å². The van der Waals surface area contributed by atoms with E-state index >= 15 is 0 Å². The van der Waals surface area contributed by atoms with Crippen molar-refractivity contribution in [3.8, 4) is 0 Å². The van der Waals surface area contributed by atoms with Crippen LogP contribution in [0.25, 0.3) is 0 Å². The Morgan fingerprint density at radius 3 is 1.83 bits per heavy atom. The summed E-state index contributed by atoms with van der Waals surface area (Å²) in [5, 5.41) is 76.1. The van der Waals surface area contributed by atoms with Gasteiger partial charge in [-0.3, -0.25) is 0 Å². The molecule has 23 heavy (non-hydrogen) atoms. The van der Waals surface area contributed by atoms with Crippen molar-refractivity contribution in [2.75, 3.05) is 13.2 Å². The fraction of sp³-hybridized carbons (Fsp3) is 1.00. The zero-order valence-corrected chi connectivity index (χ0v) is 12.0. The molecule has 0 bridgehead atoms. The van der Waals surface area contributed by atoms with Gasteiger partial charge in [0.15, 0.2) is 12.6 Å². The monoisotopic (exact) mass is 342 g/mol. The van der Waals surface area contributed by atoms with E-state index in [-0.39, 0.29) is 0 Å². The van der Waals surface area contributed by atoms with Crippen LogP contribution >= 0.6 is 0 Å². The predicted octanol–water partition coefficient (Wildman–Crippen LogP) is -5.40. The molecule has 0 amide bonds. The molecule has 10 atom stereocenters. The van der Waals surface area contributed by atoms with E-state index in [9.17, 15) is 35.7 Å². The molecule has 0 saturated carbocycles. The third kappa shape index (κ3) is 3.81. The molecule has 11 nitrogen and oxygen atoms in total. The Bertz CT molecular complexity index is 380. The molecule has 0 aromatic heterocycles. The van der Waals surface area contributed by atoms with Gasteiger partial charge in [-0.05, 0) is 0 Å². The number of aliphatic hydroxyl groups excluding tert-OH is 8. The minimum Gasteiger partial charge on any atom is -0.394 e. The summed E-state index contributed by atoms with van der Waals surface area (Å²) >= 11 is 0.